The molecular weight excluding hydrogens is 434 g/mol. The maximum absolute atomic E-state index is 13.5. The lowest BCUT2D eigenvalue weighted by Crippen LogP contribution is -2.43. The number of anilines is 1. The molecule has 1 aromatic heterocycles. The third kappa shape index (κ3) is 5.31. The lowest BCUT2D eigenvalue weighted by atomic mass is 10.1. The zero-order valence-electron chi connectivity index (χ0n) is 16.5. The molecule has 2 aromatic rings. The fourth-order valence-corrected chi connectivity index (χ4v) is 4.62. The van der Waals surface area contributed by atoms with Crippen molar-refractivity contribution in [2.75, 3.05) is 23.4 Å². The number of amides is 2. The van der Waals surface area contributed by atoms with Crippen molar-refractivity contribution in [3.05, 3.63) is 46.1 Å². The molecular formula is C20H23ClF2N4O2S. The third-order valence-corrected chi connectivity index (χ3v) is 6.31. The van der Waals surface area contributed by atoms with Gasteiger partial charge in [-0.05, 0) is 42.9 Å². The fraction of sp³-hybridized carbons (Fsp3) is 0.450. The van der Waals surface area contributed by atoms with E-state index < -0.39 is 17.5 Å². The number of nitrogens with one attached hydrogen (secondary N) is 2. The first-order valence-corrected chi connectivity index (χ1v) is 11.3. The molecule has 0 radical (unpaired) electrons. The van der Waals surface area contributed by atoms with Crippen molar-refractivity contribution in [1.29, 1.82) is 0 Å². The molecule has 3 rings (SSSR count). The summed E-state index contributed by atoms with van der Waals surface area (Å²) < 4.78 is 26.7. The molecule has 0 unspecified atom stereocenters. The Kier molecular flexibility index (Phi) is 7.71. The van der Waals surface area contributed by atoms with E-state index in [1.807, 2.05) is 16.7 Å². The Morgan fingerprint density at radius 3 is 2.67 bits per heavy atom. The van der Waals surface area contributed by atoms with Crippen LogP contribution in [0.2, 0.25) is 5.02 Å². The molecule has 0 saturated carbocycles. The average Bonchev–Trinajstić information content (AvgIpc) is 3.20. The number of rotatable bonds is 7. The largest absolute Gasteiger partial charge is 0.334 e. The van der Waals surface area contributed by atoms with Gasteiger partial charge < -0.3 is 10.2 Å². The van der Waals surface area contributed by atoms with Gasteiger partial charge >= 0.3 is 0 Å². The third-order valence-electron chi connectivity index (χ3n) is 4.94. The molecule has 30 heavy (non-hydrogen) atoms. The number of unbranched alkanes of at least 4 members (excludes halogenated alkanes) is 1. The molecule has 0 bridgehead atoms. The van der Waals surface area contributed by atoms with Crippen LogP contribution in [0.25, 0.3) is 0 Å². The quantitative estimate of drug-likeness (QED) is 0.590. The van der Waals surface area contributed by atoms with E-state index in [1.54, 1.807) is 0 Å². The van der Waals surface area contributed by atoms with Crippen LogP contribution in [-0.4, -0.2) is 51.0 Å². The summed E-state index contributed by atoms with van der Waals surface area (Å²) in [5.41, 5.74) is -0.0293. The van der Waals surface area contributed by atoms with Crippen molar-refractivity contribution in [3.63, 3.8) is 0 Å². The first-order chi connectivity index (χ1) is 14.4. The molecule has 0 aliphatic carbocycles. The molecule has 1 aliphatic heterocycles. The van der Waals surface area contributed by atoms with Crippen LogP contribution < -0.4 is 5.32 Å². The number of aromatic amines is 1. The van der Waals surface area contributed by atoms with Gasteiger partial charge in [0, 0.05) is 18.7 Å². The van der Waals surface area contributed by atoms with Crippen molar-refractivity contribution in [3.8, 4) is 0 Å². The summed E-state index contributed by atoms with van der Waals surface area (Å²) in [6.45, 7) is 2.73. The summed E-state index contributed by atoms with van der Waals surface area (Å²) >= 11 is 7.73. The van der Waals surface area contributed by atoms with Gasteiger partial charge in [-0.15, -0.1) is 0 Å². The Morgan fingerprint density at radius 2 is 1.97 bits per heavy atom. The molecule has 1 fully saturated rings. The maximum Gasteiger partial charge on any atom is 0.274 e. The Morgan fingerprint density at radius 1 is 1.27 bits per heavy atom. The summed E-state index contributed by atoms with van der Waals surface area (Å²) in [5, 5.41) is 8.90. The lowest BCUT2D eigenvalue weighted by molar-refractivity contribution is 0.0658. The van der Waals surface area contributed by atoms with E-state index in [4.69, 9.17) is 11.6 Å². The number of carbonyl (C=O) groups is 2. The first kappa shape index (κ1) is 22.6. The van der Waals surface area contributed by atoms with Crippen LogP contribution in [0.5, 0.6) is 0 Å². The molecule has 6 nitrogen and oxygen atoms in total. The van der Waals surface area contributed by atoms with Crippen molar-refractivity contribution in [2.45, 2.75) is 38.6 Å². The van der Waals surface area contributed by atoms with Crippen LogP contribution in [0.4, 0.5) is 14.6 Å². The van der Waals surface area contributed by atoms with Crippen molar-refractivity contribution >= 4 is 41.0 Å². The highest BCUT2D eigenvalue weighted by atomic mass is 35.5. The van der Waals surface area contributed by atoms with Gasteiger partial charge in [0.1, 0.15) is 5.82 Å². The number of aromatic nitrogens is 2. The number of hydrogen-bond acceptors (Lipinski definition) is 4. The smallest absolute Gasteiger partial charge is 0.274 e. The number of hydrogen-bond donors (Lipinski definition) is 2. The van der Waals surface area contributed by atoms with Crippen LogP contribution >= 0.6 is 23.4 Å². The lowest BCUT2D eigenvalue weighted by Gasteiger charge is -2.33. The monoisotopic (exact) mass is 456 g/mol. The standard InChI is InChI=1S/C20H23ClF2N4O2S/c1-2-3-6-27(12-4-7-30-8-5-12)20(29)17-11-18(26-25-17)24-19(28)13-9-15(22)16(23)10-14(13)21/h9-12H,2-8H2,1H3,(H2,24,25,26,28). The molecule has 1 saturated heterocycles. The molecule has 0 spiro atoms. The van der Waals surface area contributed by atoms with Crippen LogP contribution in [0.1, 0.15) is 53.5 Å². The number of carbonyl (C=O) groups excluding carboxylic acids is 2. The summed E-state index contributed by atoms with van der Waals surface area (Å²) in [4.78, 5) is 27.3. The zero-order valence-corrected chi connectivity index (χ0v) is 18.1. The molecule has 2 heterocycles. The first-order valence-electron chi connectivity index (χ1n) is 9.80. The van der Waals surface area contributed by atoms with E-state index in [0.29, 0.717) is 6.54 Å². The number of nitrogens with zero attached hydrogens (tertiary/aromatic N) is 2. The molecule has 162 valence electrons. The number of thioether (sulfide) groups is 1. The molecule has 10 heteroatoms. The summed E-state index contributed by atoms with van der Waals surface area (Å²) in [6.07, 6.45) is 3.77. The highest BCUT2D eigenvalue weighted by Gasteiger charge is 2.27. The van der Waals surface area contributed by atoms with Gasteiger partial charge in [-0.3, -0.25) is 14.7 Å². The van der Waals surface area contributed by atoms with Crippen molar-refractivity contribution in [1.82, 2.24) is 15.1 Å². The normalized spacial score (nSPS) is 14.5. The van der Waals surface area contributed by atoms with Crippen molar-refractivity contribution in [2.24, 2.45) is 0 Å². The Hall–Kier alpha value is -2.13. The second-order valence-corrected chi connectivity index (χ2v) is 8.69. The second kappa shape index (κ2) is 10.3. The number of halogens is 3. The van der Waals surface area contributed by atoms with Crippen molar-refractivity contribution < 1.29 is 18.4 Å². The second-order valence-electron chi connectivity index (χ2n) is 7.06. The Balaban J connectivity index is 1.73. The van der Waals surface area contributed by atoms with Gasteiger partial charge in [-0.25, -0.2) is 8.78 Å². The molecule has 2 N–H and O–H groups in total. The summed E-state index contributed by atoms with van der Waals surface area (Å²) in [5.74, 6) is -1.04. The number of benzene rings is 1. The molecule has 2 amide bonds. The minimum absolute atomic E-state index is 0.166. The van der Waals surface area contributed by atoms with Crippen LogP contribution in [0.15, 0.2) is 18.2 Å². The molecule has 1 aromatic carbocycles. The summed E-state index contributed by atoms with van der Waals surface area (Å²) in [7, 11) is 0. The van der Waals surface area contributed by atoms with Gasteiger partial charge in [-0.1, -0.05) is 24.9 Å². The highest BCUT2D eigenvalue weighted by Crippen LogP contribution is 2.24. The van der Waals surface area contributed by atoms with E-state index in [-0.39, 0.29) is 34.0 Å². The van der Waals surface area contributed by atoms with Crippen LogP contribution in [0, 0.1) is 11.6 Å². The van der Waals surface area contributed by atoms with E-state index in [0.717, 1.165) is 49.3 Å². The van der Waals surface area contributed by atoms with Crippen LogP contribution in [0.3, 0.4) is 0 Å². The van der Waals surface area contributed by atoms with Crippen LogP contribution in [-0.2, 0) is 0 Å². The predicted molar refractivity (Wildman–Crippen MR) is 114 cm³/mol. The topological polar surface area (TPSA) is 78.1 Å². The Labute approximate surface area is 182 Å². The van der Waals surface area contributed by atoms with Gasteiger partial charge in [0.05, 0.1) is 10.6 Å². The van der Waals surface area contributed by atoms with Gasteiger partial charge in [-0.2, -0.15) is 16.9 Å². The SMILES string of the molecule is CCCCN(C(=O)c1cc(NC(=O)c2cc(F)c(F)cc2Cl)[nH]n1)C1CCSCC1. The van der Waals surface area contributed by atoms with E-state index >= 15 is 0 Å². The van der Waals surface area contributed by atoms with Gasteiger partial charge in [0.25, 0.3) is 11.8 Å². The fourth-order valence-electron chi connectivity index (χ4n) is 3.30. The molecule has 0 atom stereocenters. The maximum atomic E-state index is 13.5. The predicted octanol–water partition coefficient (Wildman–Crippen LogP) is 4.73. The van der Waals surface area contributed by atoms with E-state index in [2.05, 4.69) is 22.4 Å². The minimum atomic E-state index is -1.18. The van der Waals surface area contributed by atoms with E-state index in [1.165, 1.54) is 6.07 Å². The average molecular weight is 457 g/mol. The zero-order chi connectivity index (χ0) is 21.7. The highest BCUT2D eigenvalue weighted by molar-refractivity contribution is 7.99. The molecule has 1 aliphatic rings. The van der Waals surface area contributed by atoms with E-state index in [9.17, 15) is 18.4 Å². The van der Waals surface area contributed by atoms with Gasteiger partial charge in [0.15, 0.2) is 17.3 Å². The summed E-state index contributed by atoms with van der Waals surface area (Å²) in [6, 6.07) is 3.08. The number of H-pyrrole nitrogens is 1. The Bertz CT molecular complexity index is 918. The minimum Gasteiger partial charge on any atom is -0.334 e. The van der Waals surface area contributed by atoms with Gasteiger partial charge in [0.2, 0.25) is 0 Å².